The number of carbonyl (C=O) groups excluding carboxylic acids is 7. The predicted octanol–water partition coefficient (Wildman–Crippen LogP) is 10.8. The summed E-state index contributed by atoms with van der Waals surface area (Å²) in [4.78, 5) is 95.1. The molecular weight excluding hydrogens is 979 g/mol. The number of nitrogens with zero attached hydrogens (tertiary/aromatic N) is 2. The van der Waals surface area contributed by atoms with Gasteiger partial charge in [0.25, 0.3) is 11.8 Å². The van der Waals surface area contributed by atoms with Gasteiger partial charge in [-0.15, -0.1) is 0 Å². The number of rotatable bonds is 28. The number of esters is 1. The van der Waals surface area contributed by atoms with Crippen LogP contribution in [-0.4, -0.2) is 97.2 Å². The highest BCUT2D eigenvalue weighted by Gasteiger charge is 2.46. The molecule has 412 valence electrons. The Balaban J connectivity index is 0.841. The number of hydrogen-bond donors (Lipinski definition) is 1. The number of fused-ring (bicyclic) bond motifs is 1. The number of amides is 5. The summed E-state index contributed by atoms with van der Waals surface area (Å²) < 4.78 is 29.7. The van der Waals surface area contributed by atoms with Crippen molar-refractivity contribution in [2.45, 2.75) is 167 Å². The minimum absolute atomic E-state index is 0.0223. The van der Waals surface area contributed by atoms with E-state index in [0.717, 1.165) is 97.8 Å². The van der Waals surface area contributed by atoms with E-state index in [1.807, 2.05) is 50.2 Å². The van der Waals surface area contributed by atoms with Gasteiger partial charge in [0.1, 0.15) is 36.3 Å². The summed E-state index contributed by atoms with van der Waals surface area (Å²) in [6, 6.07) is 20.8. The molecule has 3 aliphatic rings. The van der Waals surface area contributed by atoms with E-state index < -0.39 is 53.7 Å². The molecule has 0 aromatic heterocycles. The van der Waals surface area contributed by atoms with Crippen LogP contribution in [-0.2, 0) is 35.1 Å². The first-order valence-electron chi connectivity index (χ1n) is 27.7. The van der Waals surface area contributed by atoms with Gasteiger partial charge in [0.05, 0.1) is 37.9 Å². The fourth-order valence-corrected chi connectivity index (χ4v) is 10.8. The highest BCUT2D eigenvalue weighted by atomic mass is 16.5. The van der Waals surface area contributed by atoms with Crippen molar-refractivity contribution in [3.8, 4) is 23.0 Å². The van der Waals surface area contributed by atoms with Crippen LogP contribution in [0.1, 0.15) is 182 Å². The van der Waals surface area contributed by atoms with Crippen LogP contribution in [0.3, 0.4) is 0 Å². The van der Waals surface area contributed by atoms with E-state index in [4.69, 9.17) is 23.7 Å². The number of imide groups is 2. The number of benzene rings is 4. The molecule has 4 aromatic rings. The molecule has 77 heavy (non-hydrogen) atoms. The molecule has 2 unspecified atom stereocenters. The standard InChI is InChI=1S/C62H77N3O12/c1-7-48(45-36-42(4)57(74-6)54(38-45)73-5)59(69)64-33-17-16-25-51(64)62(72)77-52(31-29-43-28-27-40(2)41(3)35-43)44-21-19-23-47(37-44)76-39-46(66)22-15-13-11-9-8-10-12-14-18-34-75-53-26-20-24-49-56(53)61(71)65(60(49)70)50-30-32-55(67)63-58(50)68/h19-21,23-24,26-28,35-38,48,50-52H,7-18,22,25,29-34,39H2,1-6H3,(H,63,67,68)/t48-,50?,51-,52?/m0/s1. The summed E-state index contributed by atoms with van der Waals surface area (Å²) in [6.45, 7) is 8.87. The smallest absolute Gasteiger partial charge is 0.329 e. The number of hydrogen-bond acceptors (Lipinski definition) is 12. The Morgan fingerprint density at radius 2 is 1.45 bits per heavy atom. The third kappa shape index (κ3) is 14.7. The highest BCUT2D eigenvalue weighted by molar-refractivity contribution is 6.24. The molecule has 7 rings (SSSR count). The second-order valence-corrected chi connectivity index (χ2v) is 20.8. The van der Waals surface area contributed by atoms with E-state index in [1.165, 1.54) is 11.1 Å². The molecule has 5 amide bonds. The van der Waals surface area contributed by atoms with Gasteiger partial charge in [0.15, 0.2) is 17.3 Å². The Hall–Kier alpha value is -7.03. The number of ketones is 1. The summed E-state index contributed by atoms with van der Waals surface area (Å²) in [5.74, 6) is -1.18. The van der Waals surface area contributed by atoms with Crippen molar-refractivity contribution < 1.29 is 57.2 Å². The fraction of sp³-hybridized carbons (Fsp3) is 0.500. The van der Waals surface area contributed by atoms with Crippen LogP contribution >= 0.6 is 0 Å². The lowest BCUT2D eigenvalue weighted by Gasteiger charge is -2.37. The first-order chi connectivity index (χ1) is 37.2. The van der Waals surface area contributed by atoms with Gasteiger partial charge >= 0.3 is 5.97 Å². The Labute approximate surface area is 453 Å². The average Bonchev–Trinajstić information content (AvgIpc) is 3.80. The molecular formula is C62H77N3O12. The van der Waals surface area contributed by atoms with E-state index in [0.29, 0.717) is 68.3 Å². The lowest BCUT2D eigenvalue weighted by Crippen LogP contribution is -2.54. The van der Waals surface area contributed by atoms with Gasteiger partial charge in [-0.05, 0) is 142 Å². The largest absolute Gasteiger partial charge is 0.493 e. The highest BCUT2D eigenvalue weighted by Crippen LogP contribution is 2.38. The number of likely N-dealkylation sites (tertiary alicyclic amines) is 1. The number of nitrogens with one attached hydrogen (secondary N) is 1. The third-order valence-electron chi connectivity index (χ3n) is 15.3. The van der Waals surface area contributed by atoms with Crippen molar-refractivity contribution in [1.29, 1.82) is 0 Å². The van der Waals surface area contributed by atoms with E-state index in [2.05, 4.69) is 37.4 Å². The summed E-state index contributed by atoms with van der Waals surface area (Å²) in [6.07, 6.45) is 12.5. The molecule has 4 atom stereocenters. The monoisotopic (exact) mass is 1060 g/mol. The number of piperidine rings is 2. The van der Waals surface area contributed by atoms with Gasteiger partial charge < -0.3 is 28.6 Å². The van der Waals surface area contributed by atoms with E-state index >= 15 is 0 Å². The molecule has 0 radical (unpaired) electrons. The van der Waals surface area contributed by atoms with Crippen molar-refractivity contribution in [1.82, 2.24) is 15.1 Å². The Bertz CT molecular complexity index is 2770. The lowest BCUT2D eigenvalue weighted by molar-refractivity contribution is -0.162. The van der Waals surface area contributed by atoms with Crippen LogP contribution in [0.5, 0.6) is 23.0 Å². The van der Waals surface area contributed by atoms with Crippen molar-refractivity contribution >= 4 is 41.3 Å². The molecule has 1 N–H and O–H groups in total. The van der Waals surface area contributed by atoms with Crippen LogP contribution in [0.4, 0.5) is 0 Å². The number of aryl methyl sites for hydroxylation is 4. The predicted molar refractivity (Wildman–Crippen MR) is 291 cm³/mol. The van der Waals surface area contributed by atoms with Gasteiger partial charge in [-0.1, -0.05) is 94.3 Å². The Kier molecular flexibility index (Phi) is 20.9. The number of ether oxygens (including phenoxy) is 5. The Morgan fingerprint density at radius 3 is 2.17 bits per heavy atom. The minimum Gasteiger partial charge on any atom is -0.493 e. The Morgan fingerprint density at radius 1 is 0.714 bits per heavy atom. The van der Waals surface area contributed by atoms with Gasteiger partial charge in [0, 0.05) is 19.4 Å². The number of unbranched alkanes of at least 4 members (excludes halogenated alkanes) is 8. The number of methoxy groups -OCH3 is 2. The van der Waals surface area contributed by atoms with Gasteiger partial charge in [-0.2, -0.15) is 0 Å². The summed E-state index contributed by atoms with van der Waals surface area (Å²) in [5, 5.41) is 2.22. The summed E-state index contributed by atoms with van der Waals surface area (Å²) >= 11 is 0. The number of Topliss-reactive ketones (excluding diaryl/α,β-unsaturated/α-hetero) is 1. The van der Waals surface area contributed by atoms with Crippen LogP contribution in [0.15, 0.2) is 72.8 Å². The zero-order valence-corrected chi connectivity index (χ0v) is 45.9. The zero-order valence-electron chi connectivity index (χ0n) is 45.9. The van der Waals surface area contributed by atoms with Crippen LogP contribution in [0.25, 0.3) is 0 Å². The maximum Gasteiger partial charge on any atom is 0.329 e. The summed E-state index contributed by atoms with van der Waals surface area (Å²) in [7, 11) is 3.18. The van der Waals surface area contributed by atoms with Gasteiger partial charge in [-0.25, -0.2) is 4.79 Å². The van der Waals surface area contributed by atoms with Crippen molar-refractivity contribution in [2.24, 2.45) is 0 Å². The minimum atomic E-state index is -1.02. The van der Waals surface area contributed by atoms with Gasteiger partial charge in [-0.3, -0.25) is 39.0 Å². The average molecular weight is 1060 g/mol. The lowest BCUT2D eigenvalue weighted by atomic mass is 9.91. The van der Waals surface area contributed by atoms with E-state index in [9.17, 15) is 33.6 Å². The topological polar surface area (TPSA) is 184 Å². The van der Waals surface area contributed by atoms with Crippen molar-refractivity contribution in [3.63, 3.8) is 0 Å². The molecule has 3 heterocycles. The second kappa shape index (κ2) is 27.8. The van der Waals surface area contributed by atoms with Crippen molar-refractivity contribution in [2.75, 3.05) is 34.0 Å². The first kappa shape index (κ1) is 57.7. The summed E-state index contributed by atoms with van der Waals surface area (Å²) in [5.41, 5.74) is 6.33. The first-order valence-corrected chi connectivity index (χ1v) is 27.7. The van der Waals surface area contributed by atoms with Crippen LogP contribution in [0, 0.1) is 20.8 Å². The SMILES string of the molecule is CC[C@H](C(=O)N1CCCC[C@H]1C(=O)OC(CCc1ccc(C)c(C)c1)c1cccc(OCC(=O)CCCCCCCCCCCOc2cccc3c2C(=O)N(C2CCC(=O)NC2=O)C3=O)c1)c1cc(C)c(OC)c(OC)c1. The molecule has 4 aromatic carbocycles. The molecule has 2 saturated heterocycles. The fourth-order valence-electron chi connectivity index (χ4n) is 10.8. The third-order valence-corrected chi connectivity index (χ3v) is 15.3. The quantitative estimate of drug-likeness (QED) is 0.0323. The normalized spacial score (nSPS) is 17.1. The second-order valence-electron chi connectivity index (χ2n) is 20.8. The maximum absolute atomic E-state index is 14.5. The molecule has 3 aliphatic heterocycles. The molecule has 0 bridgehead atoms. The molecule has 0 spiro atoms. The van der Waals surface area contributed by atoms with E-state index in [1.54, 1.807) is 37.3 Å². The van der Waals surface area contributed by atoms with Gasteiger partial charge in [0.2, 0.25) is 17.7 Å². The molecule has 0 saturated carbocycles. The van der Waals surface area contributed by atoms with Crippen molar-refractivity contribution in [3.05, 3.63) is 117 Å². The molecule has 2 fully saturated rings. The van der Waals surface area contributed by atoms with Crippen LogP contribution < -0.4 is 24.3 Å². The zero-order chi connectivity index (χ0) is 55.0. The molecule has 15 heteroatoms. The molecule has 15 nitrogen and oxygen atoms in total. The molecule has 0 aliphatic carbocycles. The maximum atomic E-state index is 14.5. The van der Waals surface area contributed by atoms with E-state index in [-0.39, 0.29) is 42.3 Å². The van der Waals surface area contributed by atoms with Crippen LogP contribution in [0.2, 0.25) is 0 Å². The number of carbonyl (C=O) groups is 7.